The Bertz CT molecular complexity index is 501. The number of carbonyl (C=O) groups is 1. The zero-order valence-electron chi connectivity index (χ0n) is 9.52. The molecule has 0 bridgehead atoms. The summed E-state index contributed by atoms with van der Waals surface area (Å²) in [5, 5.41) is 0. The van der Waals surface area contributed by atoms with E-state index in [0.717, 1.165) is 0 Å². The topological polar surface area (TPSA) is 77.2 Å². The van der Waals surface area contributed by atoms with Gasteiger partial charge in [-0.2, -0.15) is 0 Å². The fraction of sp³-hybridized carbons (Fsp3) is 0.364. The largest absolute Gasteiger partial charge is 0.366 e. The first kappa shape index (κ1) is 12.7. The van der Waals surface area contributed by atoms with Crippen LogP contribution in [0.5, 0.6) is 0 Å². The van der Waals surface area contributed by atoms with E-state index < -0.39 is 20.5 Å². The molecule has 1 aromatic carbocycles. The number of nitrogens with two attached hydrogens (primary N) is 1. The summed E-state index contributed by atoms with van der Waals surface area (Å²) in [6.07, 6.45) is 1.19. The van der Waals surface area contributed by atoms with Gasteiger partial charge in [0.15, 0.2) is 9.84 Å². The molecular weight excluding hydrogens is 226 g/mol. The van der Waals surface area contributed by atoms with Crippen LogP contribution in [0.4, 0.5) is 0 Å². The third kappa shape index (κ3) is 2.24. The second-order valence-electron chi connectivity index (χ2n) is 4.22. The Balaban J connectivity index is 3.22. The highest BCUT2D eigenvalue weighted by atomic mass is 32.2. The Labute approximate surface area is 95.4 Å². The molecule has 0 saturated carbocycles. The van der Waals surface area contributed by atoms with Crippen LogP contribution < -0.4 is 5.73 Å². The Morgan fingerprint density at radius 3 is 1.94 bits per heavy atom. The smallest absolute Gasteiger partial charge is 0.248 e. The average molecular weight is 241 g/mol. The lowest BCUT2D eigenvalue weighted by molar-refractivity contribution is 0.100. The number of hydrogen-bond acceptors (Lipinski definition) is 3. The van der Waals surface area contributed by atoms with E-state index in [1.807, 2.05) is 0 Å². The maximum atomic E-state index is 11.6. The van der Waals surface area contributed by atoms with Crippen LogP contribution in [0.3, 0.4) is 0 Å². The van der Waals surface area contributed by atoms with E-state index in [4.69, 9.17) is 5.73 Å². The van der Waals surface area contributed by atoms with E-state index in [9.17, 15) is 13.2 Å². The summed E-state index contributed by atoms with van der Waals surface area (Å²) in [5.41, 5.74) is 6.11. The Hall–Kier alpha value is -1.36. The van der Waals surface area contributed by atoms with E-state index >= 15 is 0 Å². The molecule has 0 aliphatic heterocycles. The number of hydrogen-bond donors (Lipinski definition) is 1. The predicted molar refractivity (Wildman–Crippen MR) is 62.8 cm³/mol. The molecule has 4 nitrogen and oxygen atoms in total. The molecule has 0 heterocycles. The summed E-state index contributed by atoms with van der Waals surface area (Å²) in [6, 6.07) is 6.29. The second kappa shape index (κ2) is 3.90. The summed E-state index contributed by atoms with van der Waals surface area (Å²) in [4.78, 5) is 10.9. The van der Waals surface area contributed by atoms with Crippen LogP contribution in [0.25, 0.3) is 0 Å². The van der Waals surface area contributed by atoms with Gasteiger partial charge < -0.3 is 5.73 Å². The maximum Gasteiger partial charge on any atom is 0.248 e. The fourth-order valence-corrected chi connectivity index (χ4v) is 1.81. The second-order valence-corrected chi connectivity index (χ2v) is 6.79. The van der Waals surface area contributed by atoms with Gasteiger partial charge in [0.2, 0.25) is 5.91 Å². The van der Waals surface area contributed by atoms with Gasteiger partial charge in [0.25, 0.3) is 0 Å². The number of amides is 1. The molecule has 0 unspecified atom stereocenters. The number of sulfone groups is 1. The van der Waals surface area contributed by atoms with Crippen molar-refractivity contribution in [2.75, 3.05) is 6.26 Å². The average Bonchev–Trinajstić information content (AvgIpc) is 2.16. The van der Waals surface area contributed by atoms with Crippen LogP contribution in [0, 0.1) is 0 Å². The van der Waals surface area contributed by atoms with Gasteiger partial charge in [0.05, 0.1) is 4.75 Å². The minimum Gasteiger partial charge on any atom is -0.366 e. The SMILES string of the molecule is CC(C)(c1ccc(C(N)=O)cc1)S(C)(=O)=O. The van der Waals surface area contributed by atoms with Gasteiger partial charge in [-0.3, -0.25) is 4.79 Å². The molecule has 0 fully saturated rings. The van der Waals surface area contributed by atoms with Gasteiger partial charge in [0, 0.05) is 11.8 Å². The summed E-state index contributed by atoms with van der Waals surface area (Å²) >= 11 is 0. The summed E-state index contributed by atoms with van der Waals surface area (Å²) < 4.78 is 22.2. The molecule has 1 amide bonds. The molecule has 1 rings (SSSR count). The molecule has 0 radical (unpaired) electrons. The predicted octanol–water partition coefficient (Wildman–Crippen LogP) is 1.07. The first-order valence-electron chi connectivity index (χ1n) is 4.76. The molecule has 0 spiro atoms. The van der Waals surface area contributed by atoms with Crippen LogP contribution in [-0.2, 0) is 14.6 Å². The molecule has 2 N–H and O–H groups in total. The number of rotatable bonds is 3. The third-order valence-electron chi connectivity index (χ3n) is 2.79. The quantitative estimate of drug-likeness (QED) is 0.859. The molecule has 1 aromatic rings. The summed E-state index contributed by atoms with van der Waals surface area (Å²) in [5.74, 6) is -0.524. The van der Waals surface area contributed by atoms with Gasteiger partial charge >= 0.3 is 0 Å². The van der Waals surface area contributed by atoms with Crippen LogP contribution in [0.15, 0.2) is 24.3 Å². The maximum absolute atomic E-state index is 11.6. The number of benzene rings is 1. The highest BCUT2D eigenvalue weighted by Crippen LogP contribution is 2.28. The van der Waals surface area contributed by atoms with Crippen LogP contribution in [-0.4, -0.2) is 20.6 Å². The molecule has 16 heavy (non-hydrogen) atoms. The van der Waals surface area contributed by atoms with Crippen LogP contribution >= 0.6 is 0 Å². The normalized spacial score (nSPS) is 12.4. The molecule has 0 aromatic heterocycles. The Morgan fingerprint density at radius 1 is 1.19 bits per heavy atom. The molecule has 0 aliphatic carbocycles. The van der Waals surface area contributed by atoms with E-state index in [1.54, 1.807) is 26.0 Å². The minimum absolute atomic E-state index is 0.369. The van der Waals surface area contributed by atoms with Gasteiger partial charge in [-0.05, 0) is 31.5 Å². The van der Waals surface area contributed by atoms with Crippen molar-refractivity contribution < 1.29 is 13.2 Å². The van der Waals surface area contributed by atoms with Crippen molar-refractivity contribution in [1.29, 1.82) is 0 Å². The Kier molecular flexibility index (Phi) is 3.10. The lowest BCUT2D eigenvalue weighted by Crippen LogP contribution is -2.28. The van der Waals surface area contributed by atoms with Gasteiger partial charge in [0.1, 0.15) is 0 Å². The third-order valence-corrected chi connectivity index (χ3v) is 4.88. The minimum atomic E-state index is -3.20. The lowest BCUT2D eigenvalue weighted by atomic mass is 10.0. The van der Waals surface area contributed by atoms with E-state index in [-0.39, 0.29) is 0 Å². The van der Waals surface area contributed by atoms with Gasteiger partial charge in [-0.25, -0.2) is 8.42 Å². The molecular formula is C11H15NO3S. The van der Waals surface area contributed by atoms with Crippen molar-refractivity contribution in [3.05, 3.63) is 35.4 Å². The fourth-order valence-electron chi connectivity index (χ4n) is 1.25. The molecule has 5 heteroatoms. The van der Waals surface area contributed by atoms with Crippen molar-refractivity contribution >= 4 is 15.7 Å². The lowest BCUT2D eigenvalue weighted by Gasteiger charge is -2.23. The molecule has 88 valence electrons. The van der Waals surface area contributed by atoms with Crippen molar-refractivity contribution in [1.82, 2.24) is 0 Å². The van der Waals surface area contributed by atoms with Crippen LogP contribution in [0.1, 0.15) is 29.8 Å². The van der Waals surface area contributed by atoms with Crippen molar-refractivity contribution in [2.45, 2.75) is 18.6 Å². The number of carbonyl (C=O) groups excluding carboxylic acids is 1. The van der Waals surface area contributed by atoms with Crippen LogP contribution in [0.2, 0.25) is 0 Å². The highest BCUT2D eigenvalue weighted by molar-refractivity contribution is 7.91. The Morgan fingerprint density at radius 2 is 1.62 bits per heavy atom. The monoisotopic (exact) mass is 241 g/mol. The molecule has 0 saturated heterocycles. The van der Waals surface area contributed by atoms with Gasteiger partial charge in [-0.15, -0.1) is 0 Å². The summed E-state index contributed by atoms with van der Waals surface area (Å²) in [6.45, 7) is 3.25. The van der Waals surface area contributed by atoms with E-state index in [0.29, 0.717) is 11.1 Å². The zero-order chi connectivity index (χ0) is 12.6. The van der Waals surface area contributed by atoms with Crippen molar-refractivity contribution in [3.8, 4) is 0 Å². The van der Waals surface area contributed by atoms with E-state index in [2.05, 4.69) is 0 Å². The molecule has 0 atom stereocenters. The molecule has 0 aliphatic rings. The standard InChI is InChI=1S/C11H15NO3S/c1-11(2,16(3,14)15)9-6-4-8(5-7-9)10(12)13/h4-7H,1-3H3,(H2,12,13). The number of primary amides is 1. The summed E-state index contributed by atoms with van der Waals surface area (Å²) in [7, 11) is -3.20. The van der Waals surface area contributed by atoms with Crippen molar-refractivity contribution in [2.24, 2.45) is 5.73 Å². The van der Waals surface area contributed by atoms with E-state index in [1.165, 1.54) is 18.4 Å². The van der Waals surface area contributed by atoms with Crippen molar-refractivity contribution in [3.63, 3.8) is 0 Å². The zero-order valence-corrected chi connectivity index (χ0v) is 10.3. The first-order valence-corrected chi connectivity index (χ1v) is 6.65. The van der Waals surface area contributed by atoms with Gasteiger partial charge in [-0.1, -0.05) is 12.1 Å². The highest BCUT2D eigenvalue weighted by Gasteiger charge is 2.32. The first-order chi connectivity index (χ1) is 7.16.